The van der Waals surface area contributed by atoms with Crippen LogP contribution in [0.1, 0.15) is 26.2 Å². The summed E-state index contributed by atoms with van der Waals surface area (Å²) < 4.78 is 4.59. The van der Waals surface area contributed by atoms with Crippen molar-refractivity contribution in [2.24, 2.45) is 5.92 Å². The largest absolute Gasteiger partial charge is 0.468 e. The molecule has 0 spiro atoms. The van der Waals surface area contributed by atoms with Gasteiger partial charge in [-0.15, -0.1) is 0 Å². The zero-order chi connectivity index (χ0) is 10.6. The molecule has 1 aliphatic carbocycles. The van der Waals surface area contributed by atoms with Gasteiger partial charge in [0.05, 0.1) is 13.2 Å². The lowest BCUT2D eigenvalue weighted by Crippen LogP contribution is -2.39. The maximum Gasteiger partial charge on any atom is 0.322 e. The first-order valence-corrected chi connectivity index (χ1v) is 5.14. The van der Waals surface area contributed by atoms with Crippen molar-refractivity contribution in [3.8, 4) is 0 Å². The Bertz CT molecular complexity index is 196. The van der Waals surface area contributed by atoms with Crippen molar-refractivity contribution in [3.63, 3.8) is 0 Å². The van der Waals surface area contributed by atoms with E-state index in [1.807, 2.05) is 0 Å². The van der Waals surface area contributed by atoms with Crippen molar-refractivity contribution >= 4 is 5.97 Å². The molecule has 82 valence electrons. The third kappa shape index (κ3) is 2.96. The smallest absolute Gasteiger partial charge is 0.322 e. The van der Waals surface area contributed by atoms with E-state index in [0.29, 0.717) is 12.5 Å². The molecule has 1 fully saturated rings. The minimum Gasteiger partial charge on any atom is -0.468 e. The van der Waals surface area contributed by atoms with Gasteiger partial charge < -0.3 is 15.2 Å². The molecular formula is C10H19NO3. The molecule has 0 aromatic carbocycles. The van der Waals surface area contributed by atoms with Crippen molar-refractivity contribution in [1.29, 1.82) is 0 Å². The Morgan fingerprint density at radius 2 is 2.36 bits per heavy atom. The monoisotopic (exact) mass is 201 g/mol. The number of esters is 1. The number of ether oxygens (including phenoxy) is 1. The van der Waals surface area contributed by atoms with Crippen LogP contribution in [0.4, 0.5) is 0 Å². The fourth-order valence-electron chi connectivity index (χ4n) is 1.84. The summed E-state index contributed by atoms with van der Waals surface area (Å²) in [5.74, 6) is 0.0413. The molecule has 0 amide bonds. The number of nitrogens with one attached hydrogen (secondary N) is 1. The van der Waals surface area contributed by atoms with Gasteiger partial charge in [0.15, 0.2) is 0 Å². The van der Waals surface area contributed by atoms with Crippen LogP contribution >= 0.6 is 0 Å². The Kier molecular flexibility index (Phi) is 4.35. The summed E-state index contributed by atoms with van der Waals surface area (Å²) in [6.45, 7) is 2.46. The van der Waals surface area contributed by atoms with Gasteiger partial charge in [0.2, 0.25) is 0 Å². The second-order valence-electron chi connectivity index (χ2n) is 3.91. The SMILES string of the molecule is COC(=O)C(C)NCC1CCCC1O. The highest BCUT2D eigenvalue weighted by Crippen LogP contribution is 2.24. The number of rotatable bonds is 4. The second kappa shape index (κ2) is 5.32. The maximum atomic E-state index is 11.1. The van der Waals surface area contributed by atoms with Crippen LogP contribution in [0.15, 0.2) is 0 Å². The summed E-state index contributed by atoms with van der Waals surface area (Å²) in [4.78, 5) is 11.1. The molecule has 1 saturated carbocycles. The van der Waals surface area contributed by atoms with Crippen molar-refractivity contribution in [2.75, 3.05) is 13.7 Å². The van der Waals surface area contributed by atoms with E-state index in [4.69, 9.17) is 0 Å². The molecule has 4 heteroatoms. The van der Waals surface area contributed by atoms with Crippen LogP contribution in [0.5, 0.6) is 0 Å². The summed E-state index contributed by atoms with van der Waals surface area (Å²) in [7, 11) is 1.38. The quantitative estimate of drug-likeness (QED) is 0.642. The molecule has 0 aromatic rings. The van der Waals surface area contributed by atoms with Crippen molar-refractivity contribution < 1.29 is 14.6 Å². The predicted molar refractivity (Wildman–Crippen MR) is 52.8 cm³/mol. The van der Waals surface area contributed by atoms with Crippen LogP contribution < -0.4 is 5.32 Å². The van der Waals surface area contributed by atoms with Crippen molar-refractivity contribution in [1.82, 2.24) is 5.32 Å². The molecule has 0 bridgehead atoms. The molecule has 1 rings (SSSR count). The van der Waals surface area contributed by atoms with E-state index in [2.05, 4.69) is 10.1 Å². The Hall–Kier alpha value is -0.610. The fraction of sp³-hybridized carbons (Fsp3) is 0.900. The fourth-order valence-corrected chi connectivity index (χ4v) is 1.84. The lowest BCUT2D eigenvalue weighted by Gasteiger charge is -2.17. The molecule has 0 aromatic heterocycles. The van der Waals surface area contributed by atoms with Crippen LogP contribution in [0.25, 0.3) is 0 Å². The minimum atomic E-state index is -0.284. The average Bonchev–Trinajstić information content (AvgIpc) is 2.59. The Morgan fingerprint density at radius 3 is 2.86 bits per heavy atom. The number of carbonyl (C=O) groups is 1. The van der Waals surface area contributed by atoms with Crippen LogP contribution in [0.3, 0.4) is 0 Å². The van der Waals surface area contributed by atoms with E-state index < -0.39 is 0 Å². The molecule has 1 aliphatic rings. The number of hydrogen-bond acceptors (Lipinski definition) is 4. The van der Waals surface area contributed by atoms with E-state index >= 15 is 0 Å². The highest BCUT2D eigenvalue weighted by Gasteiger charge is 2.25. The molecule has 0 aliphatic heterocycles. The summed E-state index contributed by atoms with van der Waals surface area (Å²) >= 11 is 0. The Labute approximate surface area is 84.6 Å². The molecule has 0 saturated heterocycles. The first-order valence-electron chi connectivity index (χ1n) is 5.14. The summed E-state index contributed by atoms with van der Waals surface area (Å²) in [6, 6.07) is -0.284. The highest BCUT2D eigenvalue weighted by atomic mass is 16.5. The van der Waals surface area contributed by atoms with Gasteiger partial charge in [-0.25, -0.2) is 0 Å². The normalized spacial score (nSPS) is 28.8. The molecule has 2 N–H and O–H groups in total. The van der Waals surface area contributed by atoms with Crippen LogP contribution in [-0.2, 0) is 9.53 Å². The lowest BCUT2D eigenvalue weighted by atomic mass is 10.1. The van der Waals surface area contributed by atoms with Gasteiger partial charge in [0, 0.05) is 6.54 Å². The zero-order valence-electron chi connectivity index (χ0n) is 8.82. The molecule has 0 heterocycles. The molecule has 0 radical (unpaired) electrons. The molecule has 3 atom stereocenters. The highest BCUT2D eigenvalue weighted by molar-refractivity contribution is 5.75. The summed E-state index contributed by atoms with van der Waals surface area (Å²) in [6.07, 6.45) is 2.81. The zero-order valence-corrected chi connectivity index (χ0v) is 8.82. The lowest BCUT2D eigenvalue weighted by molar-refractivity contribution is -0.142. The van der Waals surface area contributed by atoms with Gasteiger partial charge in [0.25, 0.3) is 0 Å². The van der Waals surface area contributed by atoms with E-state index in [-0.39, 0.29) is 18.1 Å². The van der Waals surface area contributed by atoms with Gasteiger partial charge in [-0.05, 0) is 25.7 Å². The van der Waals surface area contributed by atoms with E-state index in [1.165, 1.54) is 7.11 Å². The third-order valence-electron chi connectivity index (χ3n) is 2.86. The predicted octanol–water partition coefficient (Wildman–Crippen LogP) is 0.298. The number of hydrogen-bond donors (Lipinski definition) is 2. The van der Waals surface area contributed by atoms with Gasteiger partial charge in [-0.2, -0.15) is 0 Å². The average molecular weight is 201 g/mol. The molecule has 3 unspecified atom stereocenters. The minimum absolute atomic E-state index is 0.202. The first kappa shape index (κ1) is 11.5. The Morgan fingerprint density at radius 1 is 1.64 bits per heavy atom. The van der Waals surface area contributed by atoms with Gasteiger partial charge in [-0.3, -0.25) is 4.79 Å². The van der Waals surface area contributed by atoms with Crippen molar-refractivity contribution in [3.05, 3.63) is 0 Å². The number of carbonyl (C=O) groups excluding carboxylic acids is 1. The van der Waals surface area contributed by atoms with Crippen LogP contribution in [-0.4, -0.2) is 36.9 Å². The summed E-state index contributed by atoms with van der Waals surface area (Å²) in [5.41, 5.74) is 0. The second-order valence-corrected chi connectivity index (χ2v) is 3.91. The van der Waals surface area contributed by atoms with E-state index in [9.17, 15) is 9.90 Å². The van der Waals surface area contributed by atoms with Gasteiger partial charge in [0.1, 0.15) is 6.04 Å². The molecular weight excluding hydrogens is 182 g/mol. The Balaban J connectivity index is 2.22. The van der Waals surface area contributed by atoms with Crippen molar-refractivity contribution in [2.45, 2.75) is 38.3 Å². The first-order chi connectivity index (χ1) is 6.65. The van der Waals surface area contributed by atoms with E-state index in [0.717, 1.165) is 19.3 Å². The van der Waals surface area contributed by atoms with Crippen LogP contribution in [0, 0.1) is 5.92 Å². The maximum absolute atomic E-state index is 11.1. The van der Waals surface area contributed by atoms with Crippen LogP contribution in [0.2, 0.25) is 0 Å². The summed E-state index contributed by atoms with van der Waals surface area (Å²) in [5, 5.41) is 12.6. The third-order valence-corrected chi connectivity index (χ3v) is 2.86. The van der Waals surface area contributed by atoms with E-state index in [1.54, 1.807) is 6.92 Å². The number of aliphatic hydroxyl groups excluding tert-OH is 1. The topological polar surface area (TPSA) is 58.6 Å². The number of methoxy groups -OCH3 is 1. The standard InChI is InChI=1S/C10H19NO3/c1-7(10(13)14-2)11-6-8-4-3-5-9(8)12/h7-9,11-12H,3-6H2,1-2H3. The van der Waals surface area contributed by atoms with Gasteiger partial charge in [-0.1, -0.05) is 6.42 Å². The van der Waals surface area contributed by atoms with Gasteiger partial charge >= 0.3 is 5.97 Å². The molecule has 14 heavy (non-hydrogen) atoms. The number of aliphatic hydroxyl groups is 1. The molecule has 4 nitrogen and oxygen atoms in total.